The Kier molecular flexibility index (Phi) is 5.84. The fraction of sp³-hybridized carbons (Fsp3) is 0.533. The zero-order chi connectivity index (χ0) is 15.3. The summed E-state index contributed by atoms with van der Waals surface area (Å²) in [6, 6.07) is 5.39. The van der Waals surface area contributed by atoms with E-state index in [-0.39, 0.29) is 5.54 Å². The molecule has 1 unspecified atom stereocenters. The van der Waals surface area contributed by atoms with Crippen LogP contribution < -0.4 is 10.1 Å². The zero-order valence-corrected chi connectivity index (χ0v) is 13.4. The Bertz CT molecular complexity index is 469. The number of hydrogen-bond acceptors (Lipinski definition) is 4. The zero-order valence-electron chi connectivity index (χ0n) is 12.6. The molecule has 0 aliphatic carbocycles. The van der Waals surface area contributed by atoms with Crippen LogP contribution >= 0.6 is 11.6 Å². The van der Waals surface area contributed by atoms with Gasteiger partial charge in [-0.3, -0.25) is 0 Å². The Labute approximate surface area is 125 Å². The van der Waals surface area contributed by atoms with Crippen molar-refractivity contribution in [3.8, 4) is 5.75 Å². The van der Waals surface area contributed by atoms with Gasteiger partial charge in [-0.2, -0.15) is 0 Å². The van der Waals surface area contributed by atoms with Crippen LogP contribution in [0.1, 0.15) is 33.3 Å². The molecule has 0 aromatic heterocycles. The Hall–Kier alpha value is -1.26. The Morgan fingerprint density at radius 3 is 2.60 bits per heavy atom. The van der Waals surface area contributed by atoms with Crippen molar-refractivity contribution >= 4 is 17.6 Å². The lowest BCUT2D eigenvalue weighted by Crippen LogP contribution is -2.35. The van der Waals surface area contributed by atoms with E-state index in [0.29, 0.717) is 17.3 Å². The Morgan fingerprint density at radius 1 is 1.40 bits per heavy atom. The van der Waals surface area contributed by atoms with E-state index in [4.69, 9.17) is 16.3 Å². The van der Waals surface area contributed by atoms with Crippen molar-refractivity contribution in [1.82, 2.24) is 5.32 Å². The summed E-state index contributed by atoms with van der Waals surface area (Å²) in [4.78, 5) is 11.4. The minimum Gasteiger partial charge on any atom is -0.479 e. The first-order valence-electron chi connectivity index (χ1n) is 6.51. The summed E-state index contributed by atoms with van der Waals surface area (Å²) >= 11 is 6.22. The number of carbonyl (C=O) groups is 1. The van der Waals surface area contributed by atoms with E-state index in [9.17, 15) is 4.79 Å². The molecule has 0 fully saturated rings. The van der Waals surface area contributed by atoms with E-state index in [1.807, 2.05) is 0 Å². The third-order valence-electron chi connectivity index (χ3n) is 2.71. The molecule has 1 rings (SSSR count). The van der Waals surface area contributed by atoms with Gasteiger partial charge in [0.2, 0.25) is 0 Å². The van der Waals surface area contributed by atoms with Gasteiger partial charge in [0.25, 0.3) is 0 Å². The van der Waals surface area contributed by atoms with E-state index in [1.165, 1.54) is 7.11 Å². The van der Waals surface area contributed by atoms with Crippen LogP contribution in [0.3, 0.4) is 0 Å². The summed E-state index contributed by atoms with van der Waals surface area (Å²) in [5, 5.41) is 3.96. The van der Waals surface area contributed by atoms with Crippen molar-refractivity contribution < 1.29 is 14.3 Å². The fourth-order valence-electron chi connectivity index (χ4n) is 1.58. The molecule has 0 radical (unpaired) electrons. The molecule has 0 amide bonds. The van der Waals surface area contributed by atoms with E-state index in [1.54, 1.807) is 25.1 Å². The number of esters is 1. The van der Waals surface area contributed by atoms with Gasteiger partial charge in [-0.05, 0) is 39.8 Å². The molecular weight excluding hydrogens is 278 g/mol. The molecule has 0 spiro atoms. The number of benzene rings is 1. The highest BCUT2D eigenvalue weighted by molar-refractivity contribution is 6.31. The summed E-state index contributed by atoms with van der Waals surface area (Å²) in [6.45, 7) is 8.42. The molecule has 20 heavy (non-hydrogen) atoms. The van der Waals surface area contributed by atoms with Gasteiger partial charge >= 0.3 is 5.97 Å². The summed E-state index contributed by atoms with van der Waals surface area (Å²) < 4.78 is 10.3. The maximum atomic E-state index is 11.4. The highest BCUT2D eigenvalue weighted by Crippen LogP contribution is 2.27. The average Bonchev–Trinajstić information content (AvgIpc) is 2.35. The van der Waals surface area contributed by atoms with Crippen LogP contribution in [0.25, 0.3) is 0 Å². The Balaban J connectivity index is 2.90. The number of halogens is 1. The Morgan fingerprint density at radius 2 is 2.05 bits per heavy atom. The molecule has 1 aromatic rings. The SMILES string of the molecule is COC(=O)C(C)Oc1cccc(Cl)c1CNC(C)(C)C. The molecule has 5 heteroatoms. The minimum absolute atomic E-state index is 0.0373. The van der Waals surface area contributed by atoms with Crippen LogP contribution in [0.4, 0.5) is 0 Å². The molecule has 4 nitrogen and oxygen atoms in total. The first kappa shape index (κ1) is 16.8. The summed E-state index contributed by atoms with van der Waals surface area (Å²) in [6.07, 6.45) is -0.674. The quantitative estimate of drug-likeness (QED) is 0.848. The minimum atomic E-state index is -0.674. The number of methoxy groups -OCH3 is 1. The van der Waals surface area contributed by atoms with Gasteiger partial charge in [-0.1, -0.05) is 17.7 Å². The van der Waals surface area contributed by atoms with E-state index in [0.717, 1.165) is 5.56 Å². The lowest BCUT2D eigenvalue weighted by Gasteiger charge is -2.23. The summed E-state index contributed by atoms with van der Waals surface area (Å²) in [5.74, 6) is 0.173. The lowest BCUT2D eigenvalue weighted by molar-refractivity contribution is -0.147. The first-order valence-corrected chi connectivity index (χ1v) is 6.89. The molecule has 0 saturated carbocycles. The van der Waals surface area contributed by atoms with Gasteiger partial charge in [-0.15, -0.1) is 0 Å². The summed E-state index contributed by atoms with van der Waals surface area (Å²) in [5.41, 5.74) is 0.796. The number of ether oxygens (including phenoxy) is 2. The molecule has 112 valence electrons. The van der Waals surface area contributed by atoms with Gasteiger partial charge in [0.1, 0.15) is 5.75 Å². The van der Waals surface area contributed by atoms with Gasteiger partial charge in [0.15, 0.2) is 6.10 Å². The second-order valence-electron chi connectivity index (χ2n) is 5.60. The predicted octanol–water partition coefficient (Wildman–Crippen LogP) is 3.17. The average molecular weight is 300 g/mol. The van der Waals surface area contributed by atoms with E-state index in [2.05, 4.69) is 30.8 Å². The third-order valence-corrected chi connectivity index (χ3v) is 3.06. The molecule has 0 saturated heterocycles. The topological polar surface area (TPSA) is 47.6 Å². The van der Waals surface area contributed by atoms with Crippen LogP contribution in [0.15, 0.2) is 18.2 Å². The molecule has 1 N–H and O–H groups in total. The second kappa shape index (κ2) is 6.95. The highest BCUT2D eigenvalue weighted by Gasteiger charge is 2.19. The number of hydrogen-bond donors (Lipinski definition) is 1. The van der Waals surface area contributed by atoms with Crippen LogP contribution in [-0.4, -0.2) is 24.7 Å². The second-order valence-corrected chi connectivity index (χ2v) is 6.01. The van der Waals surface area contributed by atoms with Crippen LogP contribution in [-0.2, 0) is 16.1 Å². The summed E-state index contributed by atoms with van der Waals surface area (Å²) in [7, 11) is 1.34. The molecule has 0 heterocycles. The van der Waals surface area contributed by atoms with Crippen molar-refractivity contribution in [2.75, 3.05) is 7.11 Å². The van der Waals surface area contributed by atoms with Crippen molar-refractivity contribution in [2.45, 2.75) is 45.9 Å². The van der Waals surface area contributed by atoms with Crippen LogP contribution in [0.2, 0.25) is 5.02 Å². The fourth-order valence-corrected chi connectivity index (χ4v) is 1.81. The van der Waals surface area contributed by atoms with E-state index < -0.39 is 12.1 Å². The van der Waals surface area contributed by atoms with Crippen LogP contribution in [0.5, 0.6) is 5.75 Å². The van der Waals surface area contributed by atoms with E-state index >= 15 is 0 Å². The highest BCUT2D eigenvalue weighted by atomic mass is 35.5. The molecule has 0 aliphatic rings. The molecule has 1 atom stereocenters. The van der Waals surface area contributed by atoms with Crippen molar-refractivity contribution in [1.29, 1.82) is 0 Å². The van der Waals surface area contributed by atoms with Gasteiger partial charge in [-0.25, -0.2) is 4.79 Å². The molecule has 0 bridgehead atoms. The number of carbonyl (C=O) groups excluding carboxylic acids is 1. The van der Waals surface area contributed by atoms with Gasteiger partial charge in [0.05, 0.1) is 7.11 Å². The van der Waals surface area contributed by atoms with Crippen molar-refractivity contribution in [3.05, 3.63) is 28.8 Å². The van der Waals surface area contributed by atoms with Gasteiger partial charge < -0.3 is 14.8 Å². The normalized spacial score (nSPS) is 12.9. The largest absolute Gasteiger partial charge is 0.479 e. The maximum absolute atomic E-state index is 11.4. The number of rotatable bonds is 5. The smallest absolute Gasteiger partial charge is 0.346 e. The van der Waals surface area contributed by atoms with Gasteiger partial charge in [0, 0.05) is 22.7 Å². The molecule has 0 aliphatic heterocycles. The third kappa shape index (κ3) is 5.02. The van der Waals surface area contributed by atoms with Crippen molar-refractivity contribution in [3.63, 3.8) is 0 Å². The number of nitrogens with one attached hydrogen (secondary N) is 1. The molecule has 1 aromatic carbocycles. The standard InChI is InChI=1S/C15H22ClNO3/c1-10(14(18)19-5)20-13-8-6-7-12(16)11(13)9-17-15(2,3)4/h6-8,10,17H,9H2,1-5H3. The maximum Gasteiger partial charge on any atom is 0.346 e. The molecular formula is C15H22ClNO3. The van der Waals surface area contributed by atoms with Crippen LogP contribution in [0, 0.1) is 0 Å². The first-order chi connectivity index (χ1) is 9.24. The lowest BCUT2D eigenvalue weighted by atomic mass is 10.1. The monoisotopic (exact) mass is 299 g/mol. The van der Waals surface area contributed by atoms with Crippen molar-refractivity contribution in [2.24, 2.45) is 0 Å². The predicted molar refractivity (Wildman–Crippen MR) is 80.2 cm³/mol.